The molecule has 4 aromatic heterocycles. The molecule has 0 saturated carbocycles. The Morgan fingerprint density at radius 3 is 2.54 bits per heavy atom. The van der Waals surface area contributed by atoms with Crippen LogP contribution in [0.4, 0.5) is 5.82 Å². The van der Waals surface area contributed by atoms with E-state index in [0.717, 1.165) is 75.0 Å². The van der Waals surface area contributed by atoms with Gasteiger partial charge in [-0.1, -0.05) is 18.5 Å². The predicted octanol–water partition coefficient (Wildman–Crippen LogP) is 4.52. The molecule has 1 N–H and O–H groups in total. The van der Waals surface area contributed by atoms with E-state index in [1.54, 1.807) is 18.6 Å². The van der Waals surface area contributed by atoms with Crippen molar-refractivity contribution in [1.82, 2.24) is 34.3 Å². The Balaban J connectivity index is 1.05. The van der Waals surface area contributed by atoms with Crippen molar-refractivity contribution in [1.29, 1.82) is 0 Å². The van der Waals surface area contributed by atoms with Gasteiger partial charge in [0.2, 0.25) is 0 Å². The number of likely N-dealkylation sites (tertiary alicyclic amines) is 1. The van der Waals surface area contributed by atoms with Gasteiger partial charge in [-0.15, -0.1) is 0 Å². The molecule has 9 nitrogen and oxygen atoms in total. The van der Waals surface area contributed by atoms with E-state index in [0.29, 0.717) is 22.7 Å². The molecule has 0 aliphatic carbocycles. The normalized spacial score (nSPS) is 19.0. The summed E-state index contributed by atoms with van der Waals surface area (Å²) in [5, 5.41) is 0.648. The molecule has 2 aliphatic heterocycles. The Kier molecular flexibility index (Phi) is 7.34. The van der Waals surface area contributed by atoms with Crippen LogP contribution < -0.4 is 4.90 Å². The Morgan fingerprint density at radius 2 is 1.87 bits per heavy atom. The standard InChI is InChI=1S/C29H33ClN8O/c1-2-23-20-37(28-25(30)17-22(19-34-28)27-31-9-10-32-27)15-16-38(23)24-7-13-36(14-8-24)29(39)21-5-6-26(33-18-21)35-11-3-4-12-35/h3-6,9-12,17-19,23-24H,2,7-8,13-16,20H2,1H3,(H,31,32)/t23-/m0/s1. The summed E-state index contributed by atoms with van der Waals surface area (Å²) in [6.45, 7) is 6.51. The lowest BCUT2D eigenvalue weighted by Crippen LogP contribution is -2.58. The molecular weight excluding hydrogens is 512 g/mol. The van der Waals surface area contributed by atoms with E-state index in [9.17, 15) is 4.79 Å². The molecule has 6 heterocycles. The number of hydrogen-bond donors (Lipinski definition) is 1. The first-order valence-electron chi connectivity index (χ1n) is 13.7. The minimum absolute atomic E-state index is 0.0654. The minimum atomic E-state index is 0.0654. The van der Waals surface area contributed by atoms with Crippen LogP contribution in [0.5, 0.6) is 0 Å². The molecular formula is C29H33ClN8O. The lowest BCUT2D eigenvalue weighted by atomic mass is 9.97. The number of halogens is 1. The van der Waals surface area contributed by atoms with Gasteiger partial charge in [0.25, 0.3) is 5.91 Å². The second kappa shape index (κ2) is 11.2. The van der Waals surface area contributed by atoms with E-state index >= 15 is 0 Å². The van der Waals surface area contributed by atoms with Gasteiger partial charge in [-0.2, -0.15) is 0 Å². The van der Waals surface area contributed by atoms with E-state index < -0.39 is 0 Å². The smallest absolute Gasteiger partial charge is 0.255 e. The third-order valence-corrected chi connectivity index (χ3v) is 8.26. The molecule has 2 aliphatic rings. The van der Waals surface area contributed by atoms with Crippen LogP contribution in [0.1, 0.15) is 36.5 Å². The molecule has 0 spiro atoms. The number of aromatic amines is 1. The van der Waals surface area contributed by atoms with Crippen molar-refractivity contribution in [3.8, 4) is 17.2 Å². The largest absolute Gasteiger partial charge is 0.353 e. The number of carbonyl (C=O) groups is 1. The number of imidazole rings is 1. The number of hydrogen-bond acceptors (Lipinski definition) is 6. The maximum atomic E-state index is 13.2. The molecule has 202 valence electrons. The van der Waals surface area contributed by atoms with Gasteiger partial charge in [-0.05, 0) is 49.6 Å². The van der Waals surface area contributed by atoms with Gasteiger partial charge in [0.15, 0.2) is 0 Å². The van der Waals surface area contributed by atoms with Gasteiger partial charge in [-0.3, -0.25) is 9.69 Å². The third kappa shape index (κ3) is 5.29. The SMILES string of the molecule is CC[C@H]1CN(c2ncc(-c3ncc[nH]3)cc2Cl)CCN1C1CCN(C(=O)c2ccc(-n3cccc3)nc2)CC1. The number of piperazine rings is 1. The third-order valence-electron chi connectivity index (χ3n) is 7.98. The van der Waals surface area contributed by atoms with Crippen LogP contribution in [0.15, 0.2) is 67.5 Å². The molecule has 1 atom stereocenters. The fourth-order valence-corrected chi connectivity index (χ4v) is 6.14. The van der Waals surface area contributed by atoms with Crippen molar-refractivity contribution in [2.24, 2.45) is 0 Å². The second-order valence-electron chi connectivity index (χ2n) is 10.2. The lowest BCUT2D eigenvalue weighted by Gasteiger charge is -2.47. The number of anilines is 1. The second-order valence-corrected chi connectivity index (χ2v) is 10.6. The number of rotatable bonds is 6. The summed E-state index contributed by atoms with van der Waals surface area (Å²) in [5.41, 5.74) is 1.53. The molecule has 0 bridgehead atoms. The number of aromatic nitrogens is 5. The fourth-order valence-electron chi connectivity index (χ4n) is 5.86. The summed E-state index contributed by atoms with van der Waals surface area (Å²) in [5.74, 6) is 2.48. The summed E-state index contributed by atoms with van der Waals surface area (Å²) in [6.07, 6.45) is 14.0. The summed E-state index contributed by atoms with van der Waals surface area (Å²) >= 11 is 6.68. The van der Waals surface area contributed by atoms with E-state index in [1.807, 2.05) is 58.4 Å². The van der Waals surface area contributed by atoms with Gasteiger partial charge >= 0.3 is 0 Å². The molecule has 6 rings (SSSR count). The molecule has 2 saturated heterocycles. The quantitative estimate of drug-likeness (QED) is 0.384. The molecule has 0 aromatic carbocycles. The van der Waals surface area contributed by atoms with Crippen LogP contribution in [0, 0.1) is 0 Å². The van der Waals surface area contributed by atoms with Gasteiger partial charge in [0.1, 0.15) is 17.5 Å². The Bertz CT molecular complexity index is 1380. The highest BCUT2D eigenvalue weighted by Gasteiger charge is 2.35. The number of amides is 1. The van der Waals surface area contributed by atoms with Crippen LogP contribution in [0.3, 0.4) is 0 Å². The molecule has 10 heteroatoms. The number of nitrogens with one attached hydrogen (secondary N) is 1. The van der Waals surface area contributed by atoms with Gasteiger partial charge in [-0.25, -0.2) is 15.0 Å². The fraction of sp³-hybridized carbons (Fsp3) is 0.379. The molecule has 4 aromatic rings. The average Bonchev–Trinajstić information content (AvgIpc) is 3.72. The van der Waals surface area contributed by atoms with Crippen LogP contribution in [-0.2, 0) is 0 Å². The van der Waals surface area contributed by atoms with E-state index in [-0.39, 0.29) is 5.91 Å². The Labute approximate surface area is 233 Å². The van der Waals surface area contributed by atoms with E-state index in [4.69, 9.17) is 16.6 Å². The van der Waals surface area contributed by atoms with Crippen molar-refractivity contribution in [3.63, 3.8) is 0 Å². The summed E-state index contributed by atoms with van der Waals surface area (Å²) < 4.78 is 1.93. The van der Waals surface area contributed by atoms with Gasteiger partial charge in [0.05, 0.1) is 10.6 Å². The van der Waals surface area contributed by atoms with Crippen LogP contribution in [0.25, 0.3) is 17.2 Å². The number of H-pyrrole nitrogens is 1. The molecule has 0 radical (unpaired) electrons. The van der Waals surface area contributed by atoms with Crippen molar-refractivity contribution in [3.05, 3.63) is 78.1 Å². The highest BCUT2D eigenvalue weighted by Crippen LogP contribution is 2.31. The first-order valence-corrected chi connectivity index (χ1v) is 14.0. The zero-order valence-electron chi connectivity index (χ0n) is 22.1. The van der Waals surface area contributed by atoms with Crippen molar-refractivity contribution in [2.45, 2.75) is 38.3 Å². The number of carbonyl (C=O) groups excluding carboxylic acids is 1. The first-order chi connectivity index (χ1) is 19.1. The highest BCUT2D eigenvalue weighted by atomic mass is 35.5. The molecule has 1 amide bonds. The number of piperidine rings is 1. The topological polar surface area (TPSA) is 86.2 Å². The van der Waals surface area contributed by atoms with Crippen molar-refractivity contribution in [2.75, 3.05) is 37.6 Å². The summed E-state index contributed by atoms with van der Waals surface area (Å²) in [7, 11) is 0. The number of nitrogens with zero attached hydrogens (tertiary/aromatic N) is 7. The Morgan fingerprint density at radius 1 is 1.05 bits per heavy atom. The zero-order chi connectivity index (χ0) is 26.8. The maximum absolute atomic E-state index is 13.2. The average molecular weight is 545 g/mol. The minimum Gasteiger partial charge on any atom is -0.353 e. The monoisotopic (exact) mass is 544 g/mol. The van der Waals surface area contributed by atoms with Crippen LogP contribution >= 0.6 is 11.6 Å². The summed E-state index contributed by atoms with van der Waals surface area (Å²) in [4.78, 5) is 36.7. The summed E-state index contributed by atoms with van der Waals surface area (Å²) in [6, 6.07) is 10.5. The van der Waals surface area contributed by atoms with Gasteiger partial charge in [0, 0.05) is 87.6 Å². The molecule has 39 heavy (non-hydrogen) atoms. The van der Waals surface area contributed by atoms with Crippen molar-refractivity contribution >= 4 is 23.3 Å². The zero-order valence-corrected chi connectivity index (χ0v) is 22.8. The maximum Gasteiger partial charge on any atom is 0.255 e. The highest BCUT2D eigenvalue weighted by molar-refractivity contribution is 6.33. The van der Waals surface area contributed by atoms with Crippen LogP contribution in [0.2, 0.25) is 5.02 Å². The van der Waals surface area contributed by atoms with Gasteiger partial charge < -0.3 is 19.4 Å². The Hall–Kier alpha value is -3.69. The molecule has 0 unspecified atom stereocenters. The molecule has 2 fully saturated rings. The number of pyridine rings is 2. The van der Waals surface area contributed by atoms with Crippen molar-refractivity contribution < 1.29 is 4.79 Å². The first kappa shape index (κ1) is 25.6. The van der Waals surface area contributed by atoms with E-state index in [1.165, 1.54) is 0 Å². The van der Waals surface area contributed by atoms with E-state index in [2.05, 4.69) is 31.7 Å². The van der Waals surface area contributed by atoms with Crippen LogP contribution in [-0.4, -0.2) is 85.0 Å². The predicted molar refractivity (Wildman–Crippen MR) is 152 cm³/mol. The lowest BCUT2D eigenvalue weighted by molar-refractivity contribution is 0.0490.